The molecule has 220 valence electrons. The van der Waals surface area contributed by atoms with Crippen LogP contribution in [-0.2, 0) is 22.4 Å². The predicted octanol–water partition coefficient (Wildman–Crippen LogP) is 8.16. The van der Waals surface area contributed by atoms with Gasteiger partial charge in [0.15, 0.2) is 17.5 Å². The second kappa shape index (κ2) is 15.1. The largest absolute Gasteiger partial charge is 0.491 e. The Bertz CT molecular complexity index is 1130. The first-order valence-corrected chi connectivity index (χ1v) is 14.2. The highest BCUT2D eigenvalue weighted by Gasteiger charge is 2.46. The Morgan fingerprint density at radius 1 is 0.950 bits per heavy atom. The lowest BCUT2D eigenvalue weighted by atomic mass is 9.88. The summed E-state index contributed by atoms with van der Waals surface area (Å²) < 4.78 is 70.9. The number of unbranched alkanes of at least 4 members (excludes halogenated alkanes) is 5. The van der Waals surface area contributed by atoms with Crippen LogP contribution < -0.4 is 9.47 Å². The molecular weight excluding hydrogens is 528 g/mol. The van der Waals surface area contributed by atoms with E-state index in [0.717, 1.165) is 49.3 Å². The van der Waals surface area contributed by atoms with Crippen molar-refractivity contribution in [3.8, 4) is 11.5 Å². The number of benzene rings is 2. The van der Waals surface area contributed by atoms with Crippen molar-refractivity contribution in [2.45, 2.75) is 96.8 Å². The van der Waals surface area contributed by atoms with E-state index in [1.165, 1.54) is 12.1 Å². The summed E-state index contributed by atoms with van der Waals surface area (Å²) in [6, 6.07) is 8.87. The summed E-state index contributed by atoms with van der Waals surface area (Å²) in [5, 5.41) is 0. The molecular formula is C31H38F4O5. The first kappa shape index (κ1) is 31.4. The molecule has 2 aromatic rings. The molecule has 0 N–H and O–H groups in total. The van der Waals surface area contributed by atoms with Crippen LogP contribution in [0.25, 0.3) is 0 Å². The minimum absolute atomic E-state index is 0.0435. The number of alkyl halides is 3. The van der Waals surface area contributed by atoms with E-state index in [0.29, 0.717) is 32.3 Å². The zero-order chi connectivity index (χ0) is 29.1. The zero-order valence-electron chi connectivity index (χ0n) is 23.2. The van der Waals surface area contributed by atoms with E-state index in [1.54, 1.807) is 18.2 Å². The summed E-state index contributed by atoms with van der Waals surface area (Å²) in [5.41, 5.74) is 1.89. The number of aryl methyl sites for hydroxylation is 1. The van der Waals surface area contributed by atoms with E-state index in [4.69, 9.17) is 14.2 Å². The fourth-order valence-corrected chi connectivity index (χ4v) is 4.75. The Kier molecular flexibility index (Phi) is 11.8. The van der Waals surface area contributed by atoms with Crippen LogP contribution in [0.2, 0.25) is 0 Å². The third-order valence-electron chi connectivity index (χ3n) is 7.05. The molecule has 0 heterocycles. The van der Waals surface area contributed by atoms with Gasteiger partial charge in [-0.1, -0.05) is 58.4 Å². The Labute approximate surface area is 233 Å². The maximum atomic E-state index is 14.4. The van der Waals surface area contributed by atoms with E-state index in [9.17, 15) is 27.2 Å². The molecule has 1 aliphatic carbocycles. The second-order valence-electron chi connectivity index (χ2n) is 10.3. The molecule has 0 saturated carbocycles. The number of halogens is 4. The van der Waals surface area contributed by atoms with E-state index in [2.05, 4.69) is 6.92 Å². The summed E-state index contributed by atoms with van der Waals surface area (Å²) >= 11 is 0. The quantitative estimate of drug-likeness (QED) is 0.0999. The molecule has 1 unspecified atom stereocenters. The molecule has 0 radical (unpaired) electrons. The third-order valence-corrected chi connectivity index (χ3v) is 7.05. The smallest absolute Gasteiger partial charge is 0.402 e. The second-order valence-corrected chi connectivity index (χ2v) is 10.3. The molecule has 3 rings (SSSR count). The molecule has 0 aromatic heterocycles. The highest BCUT2D eigenvalue weighted by Crippen LogP contribution is 2.33. The third kappa shape index (κ3) is 9.24. The first-order valence-electron chi connectivity index (χ1n) is 14.2. The summed E-state index contributed by atoms with van der Waals surface area (Å²) in [5.74, 6) is -4.48. The number of carbonyl (C=O) groups excluding carboxylic acids is 2. The van der Waals surface area contributed by atoms with Gasteiger partial charge in [0.1, 0.15) is 11.9 Å². The average Bonchev–Trinajstić information content (AvgIpc) is 2.91. The van der Waals surface area contributed by atoms with Gasteiger partial charge < -0.3 is 14.2 Å². The van der Waals surface area contributed by atoms with Crippen molar-refractivity contribution in [3.05, 3.63) is 58.9 Å². The van der Waals surface area contributed by atoms with Gasteiger partial charge >= 0.3 is 18.1 Å². The van der Waals surface area contributed by atoms with Crippen molar-refractivity contribution in [3.63, 3.8) is 0 Å². The van der Waals surface area contributed by atoms with Gasteiger partial charge in [-0.2, -0.15) is 13.2 Å². The molecule has 0 saturated heterocycles. The Morgan fingerprint density at radius 2 is 1.70 bits per heavy atom. The molecule has 0 bridgehead atoms. The van der Waals surface area contributed by atoms with Crippen LogP contribution >= 0.6 is 0 Å². The number of esters is 2. The zero-order valence-corrected chi connectivity index (χ0v) is 23.2. The number of fused-ring (bicyclic) bond motifs is 1. The number of hydrogen-bond donors (Lipinski definition) is 0. The number of rotatable bonds is 14. The fraction of sp³-hybridized carbons (Fsp3) is 0.548. The molecule has 0 spiro atoms. The number of carbonyl (C=O) groups is 2. The highest BCUT2D eigenvalue weighted by molar-refractivity contribution is 5.91. The highest BCUT2D eigenvalue weighted by atomic mass is 19.4. The van der Waals surface area contributed by atoms with Gasteiger partial charge in [-0.3, -0.25) is 4.79 Å². The standard InChI is InChI=1S/C31H38F4O5/c1-3-5-7-8-10-26(31(33,34)35)30(37)40-24-14-13-21-18-23(12-11-22(21)19-24)29(36)39-25-15-16-28(27(32)20-25)38-17-9-6-4-2/h11-12,15-16,18,20,24,26H,3-10,13-14,17,19H2,1-2H3/t24?,26-/m0/s1. The lowest BCUT2D eigenvalue weighted by molar-refractivity contribution is -0.202. The van der Waals surface area contributed by atoms with Gasteiger partial charge in [-0.05, 0) is 61.1 Å². The molecule has 1 aliphatic rings. The lowest BCUT2D eigenvalue weighted by Crippen LogP contribution is -2.36. The number of ether oxygens (including phenoxy) is 3. The van der Waals surface area contributed by atoms with Gasteiger partial charge in [-0.25, -0.2) is 9.18 Å². The van der Waals surface area contributed by atoms with Crippen LogP contribution in [0.4, 0.5) is 17.6 Å². The SMILES string of the molecule is CCCCCC[C@@H](C(=O)OC1CCc2cc(C(=O)Oc3ccc(OCCCCC)c(F)c3)ccc2C1)C(F)(F)F. The van der Waals surface area contributed by atoms with E-state index >= 15 is 0 Å². The fourth-order valence-electron chi connectivity index (χ4n) is 4.75. The maximum absolute atomic E-state index is 14.4. The molecule has 2 aromatic carbocycles. The minimum Gasteiger partial charge on any atom is -0.491 e. The van der Waals surface area contributed by atoms with Crippen LogP contribution in [0.1, 0.15) is 93.1 Å². The molecule has 0 amide bonds. The van der Waals surface area contributed by atoms with Crippen LogP contribution in [-0.4, -0.2) is 30.8 Å². The van der Waals surface area contributed by atoms with Crippen molar-refractivity contribution >= 4 is 11.9 Å². The molecule has 2 atom stereocenters. The van der Waals surface area contributed by atoms with E-state index in [1.807, 2.05) is 6.92 Å². The van der Waals surface area contributed by atoms with Crippen LogP contribution in [0.5, 0.6) is 11.5 Å². The maximum Gasteiger partial charge on any atom is 0.402 e. The Balaban J connectivity index is 1.56. The topological polar surface area (TPSA) is 61.8 Å². The molecule has 5 nitrogen and oxygen atoms in total. The molecule has 0 aliphatic heterocycles. The Morgan fingerprint density at radius 3 is 2.40 bits per heavy atom. The summed E-state index contributed by atoms with van der Waals surface area (Å²) in [7, 11) is 0. The molecule has 0 fully saturated rings. The van der Waals surface area contributed by atoms with Crippen molar-refractivity contribution < 1.29 is 41.4 Å². The average molecular weight is 567 g/mol. The van der Waals surface area contributed by atoms with E-state index in [-0.39, 0.29) is 29.9 Å². The van der Waals surface area contributed by atoms with Gasteiger partial charge in [0, 0.05) is 12.5 Å². The van der Waals surface area contributed by atoms with Gasteiger partial charge in [0.25, 0.3) is 0 Å². The van der Waals surface area contributed by atoms with Crippen LogP contribution in [0, 0.1) is 11.7 Å². The molecule has 9 heteroatoms. The van der Waals surface area contributed by atoms with E-state index < -0.39 is 36.0 Å². The summed E-state index contributed by atoms with van der Waals surface area (Å²) in [6.07, 6.45) is 0.991. The summed E-state index contributed by atoms with van der Waals surface area (Å²) in [4.78, 5) is 25.1. The normalized spacial score (nSPS) is 15.7. The van der Waals surface area contributed by atoms with Crippen LogP contribution in [0.3, 0.4) is 0 Å². The van der Waals surface area contributed by atoms with Gasteiger partial charge in [-0.15, -0.1) is 0 Å². The minimum atomic E-state index is -4.64. The van der Waals surface area contributed by atoms with Gasteiger partial charge in [0.05, 0.1) is 12.2 Å². The van der Waals surface area contributed by atoms with Crippen molar-refractivity contribution in [1.29, 1.82) is 0 Å². The van der Waals surface area contributed by atoms with Crippen molar-refractivity contribution in [2.75, 3.05) is 6.61 Å². The molecule has 40 heavy (non-hydrogen) atoms. The number of hydrogen-bond acceptors (Lipinski definition) is 5. The monoisotopic (exact) mass is 566 g/mol. The van der Waals surface area contributed by atoms with Gasteiger partial charge in [0.2, 0.25) is 0 Å². The first-order chi connectivity index (χ1) is 19.1. The van der Waals surface area contributed by atoms with Crippen molar-refractivity contribution in [1.82, 2.24) is 0 Å². The lowest BCUT2D eigenvalue weighted by Gasteiger charge is -2.27. The van der Waals surface area contributed by atoms with Crippen molar-refractivity contribution in [2.24, 2.45) is 5.92 Å². The van der Waals surface area contributed by atoms with Crippen LogP contribution in [0.15, 0.2) is 36.4 Å². The Hall–Kier alpha value is -3.10. The summed E-state index contributed by atoms with van der Waals surface area (Å²) in [6.45, 7) is 4.43. The predicted molar refractivity (Wildman–Crippen MR) is 143 cm³/mol.